The van der Waals surface area contributed by atoms with Crippen LogP contribution in [0.2, 0.25) is 0 Å². The second-order valence-corrected chi connectivity index (χ2v) is 4.13. The fourth-order valence-electron chi connectivity index (χ4n) is 1.21. The molecule has 0 saturated carbocycles. The summed E-state index contributed by atoms with van der Waals surface area (Å²) in [5.74, 6) is -0.295. The molecule has 4 nitrogen and oxygen atoms in total. The fourth-order valence-corrected chi connectivity index (χ4v) is 1.21. The minimum atomic E-state index is -0.465. The first-order valence-electron chi connectivity index (χ1n) is 5.33. The highest BCUT2D eigenvalue weighted by Gasteiger charge is 2.07. The molecule has 0 saturated heterocycles. The summed E-state index contributed by atoms with van der Waals surface area (Å²) in [6, 6.07) is 3.98. The lowest BCUT2D eigenvalue weighted by atomic mass is 10.2. The van der Waals surface area contributed by atoms with Gasteiger partial charge >= 0.3 is 0 Å². The van der Waals surface area contributed by atoms with Crippen LogP contribution >= 0.6 is 0 Å². The highest BCUT2D eigenvalue weighted by Crippen LogP contribution is 2.05. The summed E-state index contributed by atoms with van der Waals surface area (Å²) in [5, 5.41) is 8.69. The zero-order valence-electron chi connectivity index (χ0n) is 9.97. The fraction of sp³-hybridized carbons (Fsp3) is 0.500. The van der Waals surface area contributed by atoms with Crippen molar-refractivity contribution in [2.75, 3.05) is 13.7 Å². The first-order valence-corrected chi connectivity index (χ1v) is 5.33. The summed E-state index contributed by atoms with van der Waals surface area (Å²) in [7, 11) is 2.03. The van der Waals surface area contributed by atoms with E-state index in [9.17, 15) is 4.79 Å². The summed E-state index contributed by atoms with van der Waals surface area (Å²) >= 11 is 0. The van der Waals surface area contributed by atoms with Gasteiger partial charge in [0.2, 0.25) is 0 Å². The van der Waals surface area contributed by atoms with Crippen molar-refractivity contribution in [2.45, 2.75) is 26.4 Å². The molecule has 1 aromatic rings. The number of carbonyl (C=O) groups is 1. The van der Waals surface area contributed by atoms with Gasteiger partial charge in [-0.3, -0.25) is 14.7 Å². The maximum absolute atomic E-state index is 11.2. The largest absolute Gasteiger partial charge is 0.388 e. The highest BCUT2D eigenvalue weighted by atomic mass is 16.3. The number of rotatable bonds is 5. The molecular formula is C12H18N2O2. The number of pyridine rings is 1. The molecule has 1 rings (SSSR count). The molecule has 0 unspecified atom stereocenters. The van der Waals surface area contributed by atoms with Crippen molar-refractivity contribution in [1.29, 1.82) is 0 Å². The quantitative estimate of drug-likeness (QED) is 0.758. The number of aliphatic hydroxyl groups is 1. The van der Waals surface area contributed by atoms with Gasteiger partial charge in [-0.2, -0.15) is 0 Å². The van der Waals surface area contributed by atoms with E-state index in [0.29, 0.717) is 11.6 Å². The predicted octanol–water partition coefficient (Wildman–Crippen LogP) is 1.10. The van der Waals surface area contributed by atoms with E-state index in [1.165, 1.54) is 6.20 Å². The summed E-state index contributed by atoms with van der Waals surface area (Å²) < 4.78 is 0. The van der Waals surface area contributed by atoms with Gasteiger partial charge in [0.25, 0.3) is 0 Å². The van der Waals surface area contributed by atoms with Crippen molar-refractivity contribution in [1.82, 2.24) is 9.88 Å². The summed E-state index contributed by atoms with van der Waals surface area (Å²) in [6.07, 6.45) is 1.52. The van der Waals surface area contributed by atoms with Crippen LogP contribution in [0.15, 0.2) is 18.3 Å². The molecule has 0 amide bonds. The van der Waals surface area contributed by atoms with Crippen LogP contribution in [0.3, 0.4) is 0 Å². The van der Waals surface area contributed by atoms with Crippen molar-refractivity contribution in [3.8, 4) is 0 Å². The Balaban J connectivity index is 2.68. The van der Waals surface area contributed by atoms with Crippen LogP contribution in [0.1, 0.15) is 29.9 Å². The van der Waals surface area contributed by atoms with Crippen LogP contribution in [-0.4, -0.2) is 40.5 Å². The van der Waals surface area contributed by atoms with Gasteiger partial charge in [0.05, 0.1) is 5.69 Å². The number of hydrogen-bond acceptors (Lipinski definition) is 4. The topological polar surface area (TPSA) is 53.4 Å². The number of carbonyl (C=O) groups excluding carboxylic acids is 1. The van der Waals surface area contributed by atoms with Crippen LogP contribution in [0, 0.1) is 0 Å². The molecule has 88 valence electrons. The Bertz CT molecular complexity index is 347. The Morgan fingerprint density at radius 1 is 1.50 bits per heavy atom. The second kappa shape index (κ2) is 5.72. The zero-order valence-corrected chi connectivity index (χ0v) is 9.97. The van der Waals surface area contributed by atoms with Crippen molar-refractivity contribution >= 4 is 5.78 Å². The number of aromatic nitrogens is 1. The van der Waals surface area contributed by atoms with Gasteiger partial charge in [-0.1, -0.05) is 0 Å². The monoisotopic (exact) mass is 222 g/mol. The Hall–Kier alpha value is -1.26. The molecule has 0 radical (unpaired) electrons. The number of hydrogen-bond donors (Lipinski definition) is 1. The Labute approximate surface area is 95.9 Å². The van der Waals surface area contributed by atoms with Gasteiger partial charge in [0, 0.05) is 24.3 Å². The minimum absolute atomic E-state index is 0.295. The van der Waals surface area contributed by atoms with E-state index in [2.05, 4.69) is 23.7 Å². The second-order valence-electron chi connectivity index (χ2n) is 4.13. The van der Waals surface area contributed by atoms with Crippen LogP contribution < -0.4 is 0 Å². The molecule has 0 aliphatic carbocycles. The number of ketones is 1. The minimum Gasteiger partial charge on any atom is -0.388 e. The average Bonchev–Trinajstić information content (AvgIpc) is 2.28. The molecule has 0 aliphatic rings. The molecule has 0 spiro atoms. The molecule has 4 heteroatoms. The van der Waals surface area contributed by atoms with E-state index in [4.69, 9.17) is 5.11 Å². The third-order valence-corrected chi connectivity index (χ3v) is 2.58. The van der Waals surface area contributed by atoms with Crippen molar-refractivity contribution < 1.29 is 9.90 Å². The third-order valence-electron chi connectivity index (χ3n) is 2.58. The smallest absolute Gasteiger partial charge is 0.189 e. The van der Waals surface area contributed by atoms with Gasteiger partial charge in [-0.05, 0) is 33.0 Å². The van der Waals surface area contributed by atoms with Crippen molar-refractivity contribution in [3.05, 3.63) is 29.6 Å². The van der Waals surface area contributed by atoms with Crippen molar-refractivity contribution in [3.63, 3.8) is 0 Å². The molecule has 16 heavy (non-hydrogen) atoms. The summed E-state index contributed by atoms with van der Waals surface area (Å²) in [4.78, 5) is 17.5. The highest BCUT2D eigenvalue weighted by molar-refractivity contribution is 5.96. The normalized spacial score (nSPS) is 11.1. The van der Waals surface area contributed by atoms with Crippen molar-refractivity contribution in [2.24, 2.45) is 0 Å². The van der Waals surface area contributed by atoms with Crippen LogP contribution in [0.4, 0.5) is 0 Å². The van der Waals surface area contributed by atoms with E-state index in [-0.39, 0.29) is 5.78 Å². The maximum Gasteiger partial charge on any atom is 0.189 e. The molecular weight excluding hydrogens is 204 g/mol. The summed E-state index contributed by atoms with van der Waals surface area (Å²) in [5.41, 5.74) is 1.38. The lowest BCUT2D eigenvalue weighted by molar-refractivity contribution is 0.0903. The van der Waals surface area contributed by atoms with E-state index in [1.807, 2.05) is 13.1 Å². The molecule has 0 aliphatic heterocycles. The molecule has 0 fully saturated rings. The van der Waals surface area contributed by atoms with E-state index in [0.717, 1.165) is 12.2 Å². The predicted molar refractivity (Wildman–Crippen MR) is 62.3 cm³/mol. The van der Waals surface area contributed by atoms with E-state index >= 15 is 0 Å². The van der Waals surface area contributed by atoms with Gasteiger partial charge < -0.3 is 5.11 Å². The third kappa shape index (κ3) is 3.40. The molecule has 1 aromatic heterocycles. The standard InChI is InChI=1S/C12H18N2O2/c1-9(2)14(3)7-11-5-4-10(6-13-11)12(16)8-15/h4-6,9,15H,7-8H2,1-3H3. The first kappa shape index (κ1) is 12.8. The van der Waals surface area contributed by atoms with E-state index in [1.54, 1.807) is 6.07 Å². The van der Waals surface area contributed by atoms with Gasteiger partial charge in [-0.25, -0.2) is 0 Å². The average molecular weight is 222 g/mol. The molecule has 0 aromatic carbocycles. The number of Topliss-reactive ketones (excluding diaryl/α,β-unsaturated/α-hetero) is 1. The lowest BCUT2D eigenvalue weighted by Gasteiger charge is -2.20. The maximum atomic E-state index is 11.2. The van der Waals surface area contributed by atoms with Crippen LogP contribution in [0.5, 0.6) is 0 Å². The Morgan fingerprint density at radius 2 is 2.19 bits per heavy atom. The van der Waals surface area contributed by atoms with Crippen LogP contribution in [0.25, 0.3) is 0 Å². The van der Waals surface area contributed by atoms with E-state index < -0.39 is 6.61 Å². The molecule has 0 atom stereocenters. The molecule has 1 heterocycles. The first-order chi connectivity index (χ1) is 7.54. The Morgan fingerprint density at radius 3 is 2.62 bits per heavy atom. The van der Waals surface area contributed by atoms with Gasteiger partial charge in [0.15, 0.2) is 5.78 Å². The van der Waals surface area contributed by atoms with Crippen LogP contribution in [-0.2, 0) is 6.54 Å². The SMILES string of the molecule is CC(C)N(C)Cc1ccc(C(=O)CO)cn1. The van der Waals surface area contributed by atoms with Gasteiger partial charge in [0.1, 0.15) is 6.61 Å². The summed E-state index contributed by atoms with van der Waals surface area (Å²) in [6.45, 7) is 4.52. The Kier molecular flexibility index (Phi) is 4.58. The number of nitrogens with zero attached hydrogens (tertiary/aromatic N) is 2. The van der Waals surface area contributed by atoms with Gasteiger partial charge in [-0.15, -0.1) is 0 Å². The molecule has 1 N–H and O–H groups in total. The zero-order chi connectivity index (χ0) is 12.1. The molecule has 0 bridgehead atoms. The lowest BCUT2D eigenvalue weighted by Crippen LogP contribution is -2.26. The number of aliphatic hydroxyl groups excluding tert-OH is 1.